The number of nitrogens with zero attached hydrogens (tertiary/aromatic N) is 2. The number of thioether (sulfide) groups is 1. The number of guanidine groups is 1. The first kappa shape index (κ1) is 25.3. The summed E-state index contributed by atoms with van der Waals surface area (Å²) < 4.78 is 28.4. The van der Waals surface area contributed by atoms with E-state index in [2.05, 4.69) is 15.9 Å². The summed E-state index contributed by atoms with van der Waals surface area (Å²) in [4.78, 5) is 28.0. The van der Waals surface area contributed by atoms with Gasteiger partial charge in [0, 0.05) is 18.9 Å². The van der Waals surface area contributed by atoms with Crippen LogP contribution in [0.2, 0.25) is 0 Å². The highest BCUT2D eigenvalue weighted by Crippen LogP contribution is 2.50. The summed E-state index contributed by atoms with van der Waals surface area (Å²) in [5.74, 6) is -2.98. The maximum atomic E-state index is 14.6. The number of amides is 2. The minimum atomic E-state index is -1.42. The zero-order valence-corrected chi connectivity index (χ0v) is 19.2. The molecular formula is C22H23F2N5O4S. The Bertz CT molecular complexity index is 1120. The average molecular weight is 492 g/mol. The van der Waals surface area contributed by atoms with Gasteiger partial charge in [-0.1, -0.05) is 42.1 Å². The van der Waals surface area contributed by atoms with Gasteiger partial charge in [0.25, 0.3) is 5.91 Å². The molecule has 34 heavy (non-hydrogen) atoms. The molecule has 4 N–H and O–H groups in total. The average Bonchev–Trinajstić information content (AvgIpc) is 3.18. The van der Waals surface area contributed by atoms with Crippen molar-refractivity contribution < 1.29 is 28.3 Å². The lowest BCUT2D eigenvalue weighted by Gasteiger charge is -2.36. The van der Waals surface area contributed by atoms with Gasteiger partial charge in [0.1, 0.15) is 27.7 Å². The van der Waals surface area contributed by atoms with E-state index in [0.717, 1.165) is 35.0 Å². The summed E-state index contributed by atoms with van der Waals surface area (Å²) in [5, 5.41) is 25.2. The Balaban J connectivity index is 1.97. The van der Waals surface area contributed by atoms with E-state index in [9.17, 15) is 23.5 Å². The number of aliphatic hydroxyl groups excluding tert-OH is 1. The van der Waals surface area contributed by atoms with Crippen molar-refractivity contribution in [2.24, 2.45) is 5.10 Å². The molecule has 0 radical (unpaired) electrons. The summed E-state index contributed by atoms with van der Waals surface area (Å²) in [6.45, 7) is 2.44. The number of carbonyl (C=O) groups is 2. The molecule has 1 unspecified atom stereocenters. The van der Waals surface area contributed by atoms with Crippen molar-refractivity contribution in [3.05, 3.63) is 71.3 Å². The van der Waals surface area contributed by atoms with Crippen molar-refractivity contribution in [3.63, 3.8) is 0 Å². The SMILES string of the molecule is CC(=O)NC(=N)NOCCC1(c2ccccc2)SC(c2cc(F)ccc2F)=NN1C(=O)[C@H](C)O. The van der Waals surface area contributed by atoms with E-state index in [0.29, 0.717) is 5.56 Å². The largest absolute Gasteiger partial charge is 0.383 e. The number of hydrazone groups is 1. The van der Waals surface area contributed by atoms with Gasteiger partial charge in [0.05, 0.1) is 6.61 Å². The molecule has 2 atom stereocenters. The number of hydrogen-bond donors (Lipinski definition) is 4. The van der Waals surface area contributed by atoms with Crippen LogP contribution in [0.25, 0.3) is 0 Å². The standard InChI is InChI=1S/C22H23F2N5O4S/c1-13(30)20(32)29-22(15-6-4-3-5-7-15,10-11-33-28-21(25)26-14(2)31)34-19(27-29)17-12-16(23)8-9-18(17)24/h3-9,12-13,30H,10-11H2,1-2H3,(H3,25,26,28,31)/t13-,22?/m0/s1. The molecule has 12 heteroatoms. The molecule has 3 rings (SSSR count). The van der Waals surface area contributed by atoms with Gasteiger partial charge in [-0.3, -0.25) is 25.2 Å². The van der Waals surface area contributed by atoms with Crippen LogP contribution < -0.4 is 10.8 Å². The van der Waals surface area contributed by atoms with Crippen LogP contribution in [-0.2, 0) is 19.3 Å². The Morgan fingerprint density at radius 1 is 1.26 bits per heavy atom. The summed E-state index contributed by atoms with van der Waals surface area (Å²) in [7, 11) is 0. The molecule has 0 fully saturated rings. The normalized spacial score (nSPS) is 18.3. The third kappa shape index (κ3) is 5.58. The van der Waals surface area contributed by atoms with E-state index in [1.807, 2.05) is 0 Å². The maximum absolute atomic E-state index is 14.6. The molecule has 0 saturated heterocycles. The molecule has 0 saturated carbocycles. The number of hydroxylamine groups is 1. The molecule has 2 amide bonds. The zero-order chi connectivity index (χ0) is 24.9. The molecule has 0 spiro atoms. The van der Waals surface area contributed by atoms with Crippen LogP contribution in [0.3, 0.4) is 0 Å². The van der Waals surface area contributed by atoms with Crippen LogP contribution in [0.5, 0.6) is 0 Å². The van der Waals surface area contributed by atoms with Crippen LogP contribution in [0.1, 0.15) is 31.4 Å². The van der Waals surface area contributed by atoms with Crippen LogP contribution in [-0.4, -0.2) is 45.6 Å². The molecule has 1 aliphatic heterocycles. The van der Waals surface area contributed by atoms with Crippen LogP contribution in [0.15, 0.2) is 53.6 Å². The summed E-state index contributed by atoms with van der Waals surface area (Å²) in [6.07, 6.45) is -1.35. The van der Waals surface area contributed by atoms with Gasteiger partial charge in [0.15, 0.2) is 0 Å². The van der Waals surface area contributed by atoms with Crippen molar-refractivity contribution in [3.8, 4) is 0 Å². The van der Waals surface area contributed by atoms with Gasteiger partial charge in [-0.25, -0.2) is 19.3 Å². The lowest BCUT2D eigenvalue weighted by Crippen LogP contribution is -2.46. The third-order valence-electron chi connectivity index (χ3n) is 4.77. The second kappa shape index (κ2) is 10.7. The molecule has 1 aliphatic rings. The lowest BCUT2D eigenvalue weighted by molar-refractivity contribution is -0.143. The first-order chi connectivity index (χ1) is 16.1. The number of halogens is 2. The Kier molecular flexibility index (Phi) is 7.97. The van der Waals surface area contributed by atoms with Gasteiger partial charge < -0.3 is 5.11 Å². The van der Waals surface area contributed by atoms with Crippen LogP contribution in [0.4, 0.5) is 8.78 Å². The second-order valence-corrected chi connectivity index (χ2v) is 8.63. The van der Waals surface area contributed by atoms with E-state index in [1.54, 1.807) is 30.3 Å². The first-order valence-electron chi connectivity index (χ1n) is 10.2. The van der Waals surface area contributed by atoms with Crippen molar-refractivity contribution in [1.29, 1.82) is 5.41 Å². The highest BCUT2D eigenvalue weighted by atomic mass is 32.2. The Labute approximate surface area is 198 Å². The molecule has 0 aliphatic carbocycles. The van der Waals surface area contributed by atoms with E-state index in [1.165, 1.54) is 13.8 Å². The van der Waals surface area contributed by atoms with E-state index in [4.69, 9.17) is 10.2 Å². The lowest BCUT2D eigenvalue weighted by atomic mass is 10.0. The van der Waals surface area contributed by atoms with Crippen LogP contribution >= 0.6 is 11.8 Å². The number of aliphatic hydroxyl groups is 1. The van der Waals surface area contributed by atoms with Gasteiger partial charge in [-0.2, -0.15) is 5.10 Å². The highest BCUT2D eigenvalue weighted by Gasteiger charge is 2.49. The third-order valence-corrected chi connectivity index (χ3v) is 6.21. The Morgan fingerprint density at radius 2 is 1.97 bits per heavy atom. The topological polar surface area (TPSA) is 127 Å². The number of benzene rings is 2. The number of carbonyl (C=O) groups excluding carboxylic acids is 2. The van der Waals surface area contributed by atoms with E-state index >= 15 is 0 Å². The summed E-state index contributed by atoms with van der Waals surface area (Å²) >= 11 is 1.02. The first-order valence-corrected chi connectivity index (χ1v) is 11.0. The van der Waals surface area contributed by atoms with Gasteiger partial charge in [-0.05, 0) is 30.7 Å². The predicted octanol–water partition coefficient (Wildman–Crippen LogP) is 2.42. The zero-order valence-electron chi connectivity index (χ0n) is 18.3. The van der Waals surface area contributed by atoms with Crippen molar-refractivity contribution >= 4 is 34.6 Å². The Hall–Kier alpha value is -3.35. The second-order valence-electron chi connectivity index (χ2n) is 7.36. The summed E-state index contributed by atoms with van der Waals surface area (Å²) in [5.41, 5.74) is 2.75. The monoisotopic (exact) mass is 491 g/mol. The van der Waals surface area contributed by atoms with Gasteiger partial charge in [-0.15, -0.1) is 0 Å². The smallest absolute Gasteiger partial charge is 0.272 e. The maximum Gasteiger partial charge on any atom is 0.272 e. The number of nitrogens with one attached hydrogen (secondary N) is 3. The fraction of sp³-hybridized carbons (Fsp3) is 0.273. The number of hydrogen-bond acceptors (Lipinski definition) is 7. The fourth-order valence-electron chi connectivity index (χ4n) is 3.26. The molecule has 9 nitrogen and oxygen atoms in total. The van der Waals surface area contributed by atoms with Crippen molar-refractivity contribution in [2.45, 2.75) is 31.2 Å². The van der Waals surface area contributed by atoms with Gasteiger partial charge >= 0.3 is 0 Å². The Morgan fingerprint density at radius 3 is 2.62 bits per heavy atom. The minimum Gasteiger partial charge on any atom is -0.383 e. The minimum absolute atomic E-state index is 0.0498. The molecule has 0 bridgehead atoms. The molecule has 180 valence electrons. The highest BCUT2D eigenvalue weighted by molar-refractivity contribution is 8.15. The fourth-order valence-corrected chi connectivity index (χ4v) is 4.63. The van der Waals surface area contributed by atoms with E-state index < -0.39 is 34.4 Å². The molecule has 2 aromatic carbocycles. The van der Waals surface area contributed by atoms with Crippen LogP contribution in [0, 0.1) is 17.0 Å². The molecule has 0 aromatic heterocycles. The summed E-state index contributed by atoms with van der Waals surface area (Å²) in [6, 6.07) is 11.7. The van der Waals surface area contributed by atoms with Crippen molar-refractivity contribution in [1.82, 2.24) is 15.8 Å². The predicted molar refractivity (Wildman–Crippen MR) is 122 cm³/mol. The van der Waals surface area contributed by atoms with E-state index in [-0.39, 0.29) is 29.6 Å². The molecule has 2 aromatic rings. The van der Waals surface area contributed by atoms with Crippen molar-refractivity contribution in [2.75, 3.05) is 6.61 Å². The molecular weight excluding hydrogens is 468 g/mol. The number of rotatable bonds is 7. The quantitative estimate of drug-likeness (QED) is 0.204. The molecule has 1 heterocycles. The van der Waals surface area contributed by atoms with Gasteiger partial charge in [0.2, 0.25) is 11.9 Å².